The third-order valence-electron chi connectivity index (χ3n) is 0.500. The molecular weight excluding hydrogens is 206 g/mol. The van der Waals surface area contributed by atoms with Crippen molar-refractivity contribution < 1.29 is 28.7 Å². The zero-order chi connectivity index (χ0) is 10.6. The minimum atomic E-state index is -3.13. The fraction of sp³-hybridized carbons (Fsp3) is 1.00. The average Bonchev–Trinajstić information content (AvgIpc) is 1.85. The largest absolute Gasteiger partial charge is 0.326 e. The van der Waals surface area contributed by atoms with Gasteiger partial charge < -0.3 is 19.6 Å². The molecule has 0 radical (unpaired) electrons. The molecule has 0 aliphatic heterocycles. The highest BCUT2D eigenvalue weighted by molar-refractivity contribution is 7.31. The van der Waals surface area contributed by atoms with Crippen LogP contribution in [0.4, 0.5) is 0 Å². The van der Waals surface area contributed by atoms with E-state index in [0.717, 1.165) is 0 Å². The Morgan fingerprint density at radius 1 is 0.833 bits per heavy atom. The first-order chi connectivity index (χ1) is 5.38. The summed E-state index contributed by atoms with van der Waals surface area (Å²) in [7, 11) is -6.26. The van der Waals surface area contributed by atoms with Crippen molar-refractivity contribution >= 4 is 16.5 Å². The Bertz CT molecular complexity index is 94.1. The normalized spacial score (nSPS) is 8.33. The molecule has 6 nitrogen and oxygen atoms in total. The van der Waals surface area contributed by atoms with Gasteiger partial charge in [0.1, 0.15) is 0 Å². The zero-order valence-electron chi connectivity index (χ0n) is 7.02. The van der Waals surface area contributed by atoms with Gasteiger partial charge in [-0.25, -0.2) is 0 Å². The van der Waals surface area contributed by atoms with Gasteiger partial charge in [0.15, 0.2) is 0 Å². The van der Waals surface area contributed by atoms with Gasteiger partial charge in [-0.2, -0.15) is 0 Å². The molecule has 0 atom stereocenters. The molecule has 0 fully saturated rings. The van der Waals surface area contributed by atoms with E-state index in [1.807, 2.05) is 0 Å². The molecule has 0 amide bonds. The molecular formula is C4H16O6P2. The molecule has 0 saturated carbocycles. The van der Waals surface area contributed by atoms with Gasteiger partial charge in [0.25, 0.3) is 0 Å². The van der Waals surface area contributed by atoms with Crippen LogP contribution in [0.3, 0.4) is 0 Å². The lowest BCUT2D eigenvalue weighted by atomic mass is 10.4. The molecule has 78 valence electrons. The first-order valence-corrected chi connectivity index (χ1v) is 5.82. The predicted molar refractivity (Wildman–Crippen MR) is 47.5 cm³/mol. The summed E-state index contributed by atoms with van der Waals surface area (Å²) in [5.74, 6) is 0. The third kappa shape index (κ3) is 527. The van der Waals surface area contributed by atoms with E-state index < -0.39 is 16.5 Å². The Labute approximate surface area is 72.8 Å². The maximum atomic E-state index is 8.74. The maximum absolute atomic E-state index is 8.74. The highest BCUT2D eigenvalue weighted by Gasteiger charge is 1.62. The summed E-state index contributed by atoms with van der Waals surface area (Å²) >= 11 is 0. The standard InChI is InChI=1S/C4H10.2H3O3P/c1-3-4-2;2*1-4(2)3/h3-4H2,1-2H3;2*4H,(H2,1,2,3). The predicted octanol–water partition coefficient (Wildman–Crippen LogP) is 0.528. The monoisotopic (exact) mass is 222 g/mol. The summed E-state index contributed by atoms with van der Waals surface area (Å²) in [5, 5.41) is 0. The summed E-state index contributed by atoms with van der Waals surface area (Å²) in [4.78, 5) is 28.6. The highest BCUT2D eigenvalue weighted by atomic mass is 31.1. The van der Waals surface area contributed by atoms with Gasteiger partial charge in [0.2, 0.25) is 0 Å². The summed E-state index contributed by atoms with van der Waals surface area (Å²) in [5.41, 5.74) is 0. The molecule has 0 aromatic heterocycles. The van der Waals surface area contributed by atoms with Crippen LogP contribution in [0.15, 0.2) is 0 Å². The lowest BCUT2D eigenvalue weighted by Crippen LogP contribution is -1.47. The SMILES string of the molecule is CCCC.O=[PH](O)O.O=[PH](O)O. The van der Waals surface area contributed by atoms with E-state index in [1.165, 1.54) is 12.8 Å². The highest BCUT2D eigenvalue weighted by Crippen LogP contribution is 1.98. The molecule has 0 aliphatic carbocycles. The first-order valence-electron chi connectivity index (χ1n) is 3.22. The van der Waals surface area contributed by atoms with Gasteiger partial charge in [-0.15, -0.1) is 0 Å². The summed E-state index contributed by atoms with van der Waals surface area (Å²) in [6.45, 7) is 4.36. The van der Waals surface area contributed by atoms with E-state index in [9.17, 15) is 0 Å². The minimum Gasteiger partial charge on any atom is -0.326 e. The second kappa shape index (κ2) is 17.4. The summed E-state index contributed by atoms with van der Waals surface area (Å²) in [6.07, 6.45) is 2.64. The van der Waals surface area contributed by atoms with Gasteiger partial charge in [-0.05, 0) is 0 Å². The second-order valence-corrected chi connectivity index (χ2v) is 2.70. The molecule has 0 bridgehead atoms. The van der Waals surface area contributed by atoms with E-state index in [1.54, 1.807) is 0 Å². The van der Waals surface area contributed by atoms with Crippen LogP contribution in [0.2, 0.25) is 0 Å². The molecule has 0 aromatic carbocycles. The van der Waals surface area contributed by atoms with E-state index >= 15 is 0 Å². The fourth-order valence-electron chi connectivity index (χ4n) is 0. The van der Waals surface area contributed by atoms with Gasteiger partial charge >= 0.3 is 16.5 Å². The summed E-state index contributed by atoms with van der Waals surface area (Å²) in [6, 6.07) is 0. The van der Waals surface area contributed by atoms with Crippen LogP contribution in [0.5, 0.6) is 0 Å². The Hall–Kier alpha value is 0.300. The van der Waals surface area contributed by atoms with Crippen molar-refractivity contribution in [1.82, 2.24) is 0 Å². The maximum Gasteiger partial charge on any atom is 0.314 e. The number of rotatable bonds is 1. The van der Waals surface area contributed by atoms with Crippen molar-refractivity contribution in [2.45, 2.75) is 26.7 Å². The van der Waals surface area contributed by atoms with Crippen LogP contribution >= 0.6 is 16.5 Å². The van der Waals surface area contributed by atoms with E-state index in [-0.39, 0.29) is 0 Å². The molecule has 0 saturated heterocycles. The Morgan fingerprint density at radius 3 is 0.917 bits per heavy atom. The lowest BCUT2D eigenvalue weighted by molar-refractivity contribution is 0.403. The molecule has 0 spiro atoms. The van der Waals surface area contributed by atoms with E-state index in [0.29, 0.717) is 0 Å². The second-order valence-electron chi connectivity index (χ2n) is 1.57. The van der Waals surface area contributed by atoms with Gasteiger partial charge in [0, 0.05) is 0 Å². The minimum absolute atomic E-state index is 1.32. The van der Waals surface area contributed by atoms with Crippen molar-refractivity contribution in [3.63, 3.8) is 0 Å². The molecule has 0 aliphatic rings. The van der Waals surface area contributed by atoms with E-state index in [4.69, 9.17) is 28.7 Å². The van der Waals surface area contributed by atoms with Crippen molar-refractivity contribution in [3.8, 4) is 0 Å². The molecule has 0 unspecified atom stereocenters. The van der Waals surface area contributed by atoms with Crippen LogP contribution in [-0.2, 0) is 9.13 Å². The Balaban J connectivity index is -0.000000101. The topological polar surface area (TPSA) is 115 Å². The van der Waals surface area contributed by atoms with Crippen LogP contribution < -0.4 is 0 Å². The summed E-state index contributed by atoms with van der Waals surface area (Å²) < 4.78 is 17.5. The van der Waals surface area contributed by atoms with Gasteiger partial charge in [0.05, 0.1) is 0 Å². The van der Waals surface area contributed by atoms with Gasteiger partial charge in [-0.3, -0.25) is 9.13 Å². The Kier molecular flexibility index (Phi) is 26.3. The quantitative estimate of drug-likeness (QED) is 0.481. The zero-order valence-corrected chi connectivity index (χ0v) is 9.02. The molecule has 8 heteroatoms. The van der Waals surface area contributed by atoms with Crippen LogP contribution in [-0.4, -0.2) is 19.6 Å². The fourth-order valence-corrected chi connectivity index (χ4v) is 0. The van der Waals surface area contributed by atoms with Crippen molar-refractivity contribution in [2.24, 2.45) is 0 Å². The molecule has 0 heterocycles. The molecule has 4 N–H and O–H groups in total. The van der Waals surface area contributed by atoms with E-state index in [2.05, 4.69) is 13.8 Å². The smallest absolute Gasteiger partial charge is 0.314 e. The van der Waals surface area contributed by atoms with Crippen molar-refractivity contribution in [1.29, 1.82) is 0 Å². The number of hydrogen-bond donors (Lipinski definition) is 4. The van der Waals surface area contributed by atoms with Crippen molar-refractivity contribution in [2.75, 3.05) is 0 Å². The van der Waals surface area contributed by atoms with Crippen molar-refractivity contribution in [3.05, 3.63) is 0 Å². The average molecular weight is 222 g/mol. The molecule has 12 heavy (non-hydrogen) atoms. The molecule has 0 rings (SSSR count). The lowest BCUT2D eigenvalue weighted by Gasteiger charge is -1.68. The number of hydrogen-bond acceptors (Lipinski definition) is 2. The van der Waals surface area contributed by atoms with Crippen LogP contribution in [0.25, 0.3) is 0 Å². The van der Waals surface area contributed by atoms with Gasteiger partial charge in [-0.1, -0.05) is 26.7 Å². The van der Waals surface area contributed by atoms with Crippen LogP contribution in [0.1, 0.15) is 26.7 Å². The third-order valence-corrected chi connectivity index (χ3v) is 0.500. The number of unbranched alkanes of at least 4 members (excludes halogenated alkanes) is 1. The Morgan fingerprint density at radius 2 is 0.917 bits per heavy atom. The molecule has 0 aromatic rings. The first kappa shape index (κ1) is 18.2. The van der Waals surface area contributed by atoms with Crippen LogP contribution in [0, 0.1) is 0 Å².